The minimum atomic E-state index is -0.373. The van der Waals surface area contributed by atoms with Gasteiger partial charge in [-0.2, -0.15) is 5.10 Å². The largest absolute Gasteiger partial charge is 0.272 e. The van der Waals surface area contributed by atoms with Crippen molar-refractivity contribution in [3.63, 3.8) is 0 Å². The van der Waals surface area contributed by atoms with Crippen molar-refractivity contribution in [2.24, 2.45) is 5.10 Å². The highest BCUT2D eigenvalue weighted by atomic mass is 35.5. The zero-order valence-corrected chi connectivity index (χ0v) is 15.7. The number of nitrogens with zero attached hydrogens (tertiary/aromatic N) is 1. The average Bonchev–Trinajstić information content (AvgIpc) is 2.51. The van der Waals surface area contributed by atoms with Crippen LogP contribution in [0.5, 0.6) is 0 Å². The Hall–Kier alpha value is -1.84. The van der Waals surface area contributed by atoms with Crippen LogP contribution in [0.4, 0.5) is 0 Å². The number of hydrogen-bond acceptors (Lipinski definition) is 2. The van der Waals surface area contributed by atoms with Crippen LogP contribution in [0.2, 0.25) is 10.0 Å². The number of carbonyl (C=O) groups excluding carboxylic acids is 1. The topological polar surface area (TPSA) is 41.5 Å². The van der Waals surface area contributed by atoms with Gasteiger partial charge in [-0.1, -0.05) is 68.2 Å². The molecular weight excluding hydrogens is 343 g/mol. The lowest BCUT2D eigenvalue weighted by Gasteiger charge is -2.19. The third-order valence-electron chi connectivity index (χ3n) is 3.67. The Labute approximate surface area is 152 Å². The summed E-state index contributed by atoms with van der Waals surface area (Å²) in [6, 6.07) is 12.9. The van der Waals surface area contributed by atoms with Gasteiger partial charge in [0, 0.05) is 5.02 Å². The van der Waals surface area contributed by atoms with E-state index in [1.165, 1.54) is 11.6 Å². The monoisotopic (exact) mass is 362 g/mol. The standard InChI is InChI=1S/C19H20Cl2N2O/c1-12(13-5-7-14(8-6-13)19(2,3)4)22-23-18(24)16-10-9-15(20)11-17(16)21/h5-11H,1-4H3,(H,23,24)/b22-12-. The second kappa shape index (κ2) is 7.37. The zero-order valence-electron chi connectivity index (χ0n) is 14.2. The van der Waals surface area contributed by atoms with E-state index in [-0.39, 0.29) is 11.3 Å². The van der Waals surface area contributed by atoms with Gasteiger partial charge in [0.2, 0.25) is 0 Å². The maximum atomic E-state index is 12.2. The molecule has 5 heteroatoms. The fraction of sp³-hybridized carbons (Fsp3) is 0.263. The third-order valence-corrected chi connectivity index (χ3v) is 4.22. The first-order valence-electron chi connectivity index (χ1n) is 7.59. The van der Waals surface area contributed by atoms with E-state index in [1.54, 1.807) is 12.1 Å². The lowest BCUT2D eigenvalue weighted by atomic mass is 9.86. The van der Waals surface area contributed by atoms with Crippen LogP contribution in [0.1, 0.15) is 49.2 Å². The number of rotatable bonds is 3. The van der Waals surface area contributed by atoms with Crippen LogP contribution in [0, 0.1) is 0 Å². The molecule has 2 aromatic rings. The molecule has 0 aliphatic carbocycles. The van der Waals surface area contributed by atoms with Gasteiger partial charge in [0.05, 0.1) is 16.3 Å². The van der Waals surface area contributed by atoms with Crippen LogP contribution in [-0.4, -0.2) is 11.6 Å². The predicted molar refractivity (Wildman–Crippen MR) is 101 cm³/mol. The van der Waals surface area contributed by atoms with Crippen LogP contribution in [-0.2, 0) is 5.41 Å². The Kier molecular flexibility index (Phi) is 5.68. The molecule has 2 aromatic carbocycles. The van der Waals surface area contributed by atoms with Gasteiger partial charge in [-0.25, -0.2) is 5.43 Å². The maximum absolute atomic E-state index is 12.2. The molecule has 0 saturated carbocycles. The smallest absolute Gasteiger partial charge is 0.267 e. The lowest BCUT2D eigenvalue weighted by molar-refractivity contribution is 0.0955. The average molecular weight is 363 g/mol. The number of benzene rings is 2. The van der Waals surface area contributed by atoms with E-state index in [0.717, 1.165) is 5.56 Å². The van der Waals surface area contributed by atoms with E-state index in [2.05, 4.69) is 43.4 Å². The van der Waals surface area contributed by atoms with Crippen molar-refractivity contribution in [2.45, 2.75) is 33.1 Å². The molecule has 3 nitrogen and oxygen atoms in total. The molecule has 0 bridgehead atoms. The summed E-state index contributed by atoms with van der Waals surface area (Å²) >= 11 is 11.9. The van der Waals surface area contributed by atoms with Crippen LogP contribution < -0.4 is 5.43 Å². The number of amides is 1. The molecule has 0 aliphatic rings. The molecule has 0 aliphatic heterocycles. The highest BCUT2D eigenvalue weighted by Crippen LogP contribution is 2.23. The fourth-order valence-electron chi connectivity index (χ4n) is 2.14. The van der Waals surface area contributed by atoms with Gasteiger partial charge in [0.25, 0.3) is 5.91 Å². The van der Waals surface area contributed by atoms with Crippen LogP contribution in [0.3, 0.4) is 0 Å². The molecule has 0 radical (unpaired) electrons. The summed E-state index contributed by atoms with van der Waals surface area (Å²) in [6.45, 7) is 8.34. The van der Waals surface area contributed by atoms with E-state index < -0.39 is 0 Å². The molecule has 0 aromatic heterocycles. The minimum absolute atomic E-state index is 0.100. The first kappa shape index (κ1) is 18.5. The SMILES string of the molecule is C/C(=N/NC(=O)c1ccc(Cl)cc1Cl)c1ccc(C(C)(C)C)cc1. The summed E-state index contributed by atoms with van der Waals surface area (Å²) < 4.78 is 0. The lowest BCUT2D eigenvalue weighted by Crippen LogP contribution is -2.19. The van der Waals surface area contributed by atoms with Crippen molar-refractivity contribution in [3.8, 4) is 0 Å². The van der Waals surface area contributed by atoms with Crippen molar-refractivity contribution in [1.82, 2.24) is 5.43 Å². The van der Waals surface area contributed by atoms with E-state index in [4.69, 9.17) is 23.2 Å². The first-order valence-corrected chi connectivity index (χ1v) is 8.34. The quantitative estimate of drug-likeness (QED) is 0.572. The van der Waals surface area contributed by atoms with E-state index in [1.807, 2.05) is 19.1 Å². The highest BCUT2D eigenvalue weighted by molar-refractivity contribution is 6.36. The Morgan fingerprint density at radius 2 is 1.67 bits per heavy atom. The Morgan fingerprint density at radius 3 is 2.21 bits per heavy atom. The third kappa shape index (κ3) is 4.59. The number of nitrogens with one attached hydrogen (secondary N) is 1. The van der Waals surface area contributed by atoms with Crippen LogP contribution in [0.15, 0.2) is 47.6 Å². The van der Waals surface area contributed by atoms with Gasteiger partial charge in [0.1, 0.15) is 0 Å². The Balaban J connectivity index is 2.12. The van der Waals surface area contributed by atoms with Gasteiger partial charge in [-0.05, 0) is 41.7 Å². The molecule has 0 saturated heterocycles. The summed E-state index contributed by atoms with van der Waals surface area (Å²) in [5, 5.41) is 4.93. The Bertz CT molecular complexity index is 775. The predicted octanol–water partition coefficient (Wildman–Crippen LogP) is 5.44. The molecule has 24 heavy (non-hydrogen) atoms. The zero-order chi connectivity index (χ0) is 17.9. The molecule has 0 spiro atoms. The van der Waals surface area contributed by atoms with Crippen LogP contribution >= 0.6 is 23.2 Å². The molecule has 0 atom stereocenters. The summed E-state index contributed by atoms with van der Waals surface area (Å²) in [4.78, 5) is 12.2. The normalized spacial score (nSPS) is 12.2. The molecule has 0 fully saturated rings. The number of halogens is 2. The van der Waals surface area contributed by atoms with Crippen LogP contribution in [0.25, 0.3) is 0 Å². The summed E-state index contributed by atoms with van der Waals surface area (Å²) in [6.07, 6.45) is 0. The summed E-state index contributed by atoms with van der Waals surface area (Å²) in [5.41, 5.74) is 5.87. The molecule has 0 unspecified atom stereocenters. The Morgan fingerprint density at radius 1 is 1.04 bits per heavy atom. The molecule has 2 rings (SSSR count). The van der Waals surface area contributed by atoms with Gasteiger partial charge in [0.15, 0.2) is 0 Å². The summed E-state index contributed by atoms with van der Waals surface area (Å²) in [7, 11) is 0. The van der Waals surface area contributed by atoms with E-state index in [9.17, 15) is 4.79 Å². The fourth-order valence-corrected chi connectivity index (χ4v) is 2.64. The maximum Gasteiger partial charge on any atom is 0.272 e. The van der Waals surface area contributed by atoms with E-state index in [0.29, 0.717) is 21.3 Å². The number of carbonyl (C=O) groups is 1. The second-order valence-corrected chi connectivity index (χ2v) is 7.43. The van der Waals surface area contributed by atoms with Crippen molar-refractivity contribution >= 4 is 34.8 Å². The molecule has 126 valence electrons. The van der Waals surface area contributed by atoms with E-state index >= 15 is 0 Å². The number of hydrogen-bond donors (Lipinski definition) is 1. The molecule has 1 N–H and O–H groups in total. The van der Waals surface area contributed by atoms with Gasteiger partial charge < -0.3 is 0 Å². The van der Waals surface area contributed by atoms with Gasteiger partial charge in [-0.3, -0.25) is 4.79 Å². The van der Waals surface area contributed by atoms with Gasteiger partial charge >= 0.3 is 0 Å². The second-order valence-electron chi connectivity index (χ2n) is 6.59. The molecular formula is C19H20Cl2N2O. The first-order chi connectivity index (χ1) is 11.2. The number of hydrazone groups is 1. The molecule has 1 amide bonds. The van der Waals surface area contributed by atoms with Gasteiger partial charge in [-0.15, -0.1) is 0 Å². The highest BCUT2D eigenvalue weighted by Gasteiger charge is 2.13. The van der Waals surface area contributed by atoms with Crippen molar-refractivity contribution in [1.29, 1.82) is 0 Å². The van der Waals surface area contributed by atoms with Crippen molar-refractivity contribution in [2.75, 3.05) is 0 Å². The molecule has 0 heterocycles. The minimum Gasteiger partial charge on any atom is -0.267 e. The summed E-state index contributed by atoms with van der Waals surface area (Å²) in [5.74, 6) is -0.373. The van der Waals surface area contributed by atoms with Crippen molar-refractivity contribution in [3.05, 3.63) is 69.2 Å². The van der Waals surface area contributed by atoms with Crippen molar-refractivity contribution < 1.29 is 4.79 Å².